The highest BCUT2D eigenvalue weighted by Crippen LogP contribution is 2.27. The van der Waals surface area contributed by atoms with Crippen molar-refractivity contribution in [1.29, 1.82) is 0 Å². The minimum absolute atomic E-state index is 0.265. The van der Waals surface area contributed by atoms with Crippen LogP contribution in [-0.4, -0.2) is 20.4 Å². The zero-order chi connectivity index (χ0) is 23.1. The van der Waals surface area contributed by atoms with Crippen molar-refractivity contribution in [2.75, 3.05) is 0 Å². The minimum atomic E-state index is 0.265. The molecule has 0 atom stereocenters. The van der Waals surface area contributed by atoms with Gasteiger partial charge in [0.05, 0.1) is 0 Å². The van der Waals surface area contributed by atoms with Crippen molar-refractivity contribution in [2.24, 2.45) is 0 Å². The van der Waals surface area contributed by atoms with Crippen molar-refractivity contribution in [3.63, 3.8) is 0 Å². The molecule has 0 aliphatic rings. The maximum atomic E-state index is 9.77. The number of aryl methyl sites for hydroxylation is 2. The molecule has 4 nitrogen and oxygen atoms in total. The van der Waals surface area contributed by atoms with Crippen LogP contribution < -0.4 is 0 Å². The maximum Gasteiger partial charge on any atom is 0.119 e. The molecule has 0 saturated heterocycles. The van der Waals surface area contributed by atoms with Gasteiger partial charge in [0.2, 0.25) is 0 Å². The average Bonchev–Trinajstić information content (AvgIpc) is 2.77. The topological polar surface area (TPSA) is 80.9 Å². The molecule has 4 rings (SSSR count). The molecule has 4 aromatic rings. The first-order valence-electron chi connectivity index (χ1n) is 10.4. The van der Waals surface area contributed by atoms with Crippen molar-refractivity contribution in [2.45, 2.75) is 26.7 Å². The number of hydrogen-bond acceptors (Lipinski definition) is 4. The highest BCUT2D eigenvalue weighted by molar-refractivity contribution is 5.44. The molecule has 4 aromatic carbocycles. The number of phenolic OH excluding ortho intramolecular Hbond substituents is 4. The lowest BCUT2D eigenvalue weighted by atomic mass is 10.00. The predicted octanol–water partition coefficient (Wildman–Crippen LogP) is 5.99. The molecular weight excluding hydrogens is 400 g/mol. The Kier molecular flexibility index (Phi) is 7.40. The van der Waals surface area contributed by atoms with Crippen molar-refractivity contribution < 1.29 is 20.4 Å². The lowest BCUT2D eigenvalue weighted by Crippen LogP contribution is -1.91. The van der Waals surface area contributed by atoms with Gasteiger partial charge in [-0.15, -0.1) is 0 Å². The van der Waals surface area contributed by atoms with Gasteiger partial charge in [-0.1, -0.05) is 71.8 Å². The molecule has 0 fully saturated rings. The Hall–Kier alpha value is -3.92. The van der Waals surface area contributed by atoms with Crippen molar-refractivity contribution in [3.8, 4) is 23.0 Å². The Morgan fingerprint density at radius 3 is 1.19 bits per heavy atom. The summed E-state index contributed by atoms with van der Waals surface area (Å²) in [5.41, 5.74) is 5.52. The summed E-state index contributed by atoms with van der Waals surface area (Å²) in [5, 5.41) is 38.7. The number of aromatic hydroxyl groups is 4. The van der Waals surface area contributed by atoms with E-state index in [1.54, 1.807) is 36.4 Å². The van der Waals surface area contributed by atoms with E-state index < -0.39 is 0 Å². The summed E-state index contributed by atoms with van der Waals surface area (Å²) >= 11 is 0. The first-order valence-corrected chi connectivity index (χ1v) is 10.4. The fourth-order valence-corrected chi connectivity index (χ4v) is 3.44. The van der Waals surface area contributed by atoms with E-state index >= 15 is 0 Å². The molecule has 0 spiro atoms. The number of phenols is 4. The maximum absolute atomic E-state index is 9.77. The SMILES string of the molecule is Cc1ccc(O)c(Cc2cc(C)ccc2O)c1.Oc1ccccc1Cc1ccccc1O. The molecule has 0 radical (unpaired) electrons. The Balaban J connectivity index is 0.000000182. The standard InChI is InChI=1S/C15H16O2.C13H12O2/c1-10-3-5-14(16)12(7-10)9-13-8-11(2)4-6-15(13)17;14-12-7-3-1-5-10(12)9-11-6-2-4-8-13(11)15/h3-8,16-17H,9H2,1-2H3;1-8,14-15H,9H2. The fourth-order valence-electron chi connectivity index (χ4n) is 3.44. The smallest absolute Gasteiger partial charge is 0.119 e. The van der Waals surface area contributed by atoms with Crippen LogP contribution in [0.1, 0.15) is 33.4 Å². The number of hydrogen-bond donors (Lipinski definition) is 4. The van der Waals surface area contributed by atoms with E-state index in [4.69, 9.17) is 0 Å². The van der Waals surface area contributed by atoms with Gasteiger partial charge >= 0.3 is 0 Å². The van der Waals surface area contributed by atoms with E-state index in [0.717, 1.165) is 33.4 Å². The summed E-state index contributed by atoms with van der Waals surface area (Å²) in [4.78, 5) is 0. The quantitative estimate of drug-likeness (QED) is 0.322. The molecule has 32 heavy (non-hydrogen) atoms. The Bertz CT molecular complexity index is 1100. The lowest BCUT2D eigenvalue weighted by Gasteiger charge is -2.08. The fraction of sp³-hybridized carbons (Fsp3) is 0.143. The van der Waals surface area contributed by atoms with Gasteiger partial charge in [0.25, 0.3) is 0 Å². The zero-order valence-electron chi connectivity index (χ0n) is 18.3. The van der Waals surface area contributed by atoms with E-state index in [-0.39, 0.29) is 23.0 Å². The van der Waals surface area contributed by atoms with Gasteiger partial charge in [0.1, 0.15) is 23.0 Å². The third-order valence-corrected chi connectivity index (χ3v) is 5.22. The van der Waals surface area contributed by atoms with Gasteiger partial charge < -0.3 is 20.4 Å². The highest BCUT2D eigenvalue weighted by Gasteiger charge is 2.07. The van der Waals surface area contributed by atoms with Crippen LogP contribution in [0.3, 0.4) is 0 Å². The molecule has 4 N–H and O–H groups in total. The second kappa shape index (κ2) is 10.4. The van der Waals surface area contributed by atoms with Crippen LogP contribution in [0.5, 0.6) is 23.0 Å². The first kappa shape index (κ1) is 22.8. The number of para-hydroxylation sites is 2. The average molecular weight is 429 g/mol. The monoisotopic (exact) mass is 428 g/mol. The van der Waals surface area contributed by atoms with Crippen molar-refractivity contribution in [1.82, 2.24) is 0 Å². The zero-order valence-corrected chi connectivity index (χ0v) is 18.3. The minimum Gasteiger partial charge on any atom is -0.508 e. The molecular formula is C28H28O4. The summed E-state index contributed by atoms with van der Waals surface area (Å²) in [6.45, 7) is 3.97. The molecule has 0 aliphatic heterocycles. The van der Waals surface area contributed by atoms with Crippen molar-refractivity contribution >= 4 is 0 Å². The summed E-state index contributed by atoms with van der Waals surface area (Å²) in [7, 11) is 0. The second-order valence-electron chi connectivity index (χ2n) is 7.88. The van der Waals surface area contributed by atoms with Gasteiger partial charge in [0.15, 0.2) is 0 Å². The molecule has 0 amide bonds. The second-order valence-corrected chi connectivity index (χ2v) is 7.88. The van der Waals surface area contributed by atoms with E-state index in [1.807, 2.05) is 62.4 Å². The van der Waals surface area contributed by atoms with Gasteiger partial charge in [-0.25, -0.2) is 0 Å². The van der Waals surface area contributed by atoms with Gasteiger partial charge in [-0.3, -0.25) is 0 Å². The summed E-state index contributed by atoms with van der Waals surface area (Å²) in [6, 6.07) is 25.3. The number of rotatable bonds is 4. The summed E-state index contributed by atoms with van der Waals surface area (Å²) in [5.74, 6) is 1.08. The van der Waals surface area contributed by atoms with Crippen LogP contribution in [0, 0.1) is 13.8 Å². The molecule has 0 aliphatic carbocycles. The lowest BCUT2D eigenvalue weighted by molar-refractivity contribution is 0.462. The van der Waals surface area contributed by atoms with Crippen LogP contribution in [0.4, 0.5) is 0 Å². The van der Waals surface area contributed by atoms with E-state index in [1.165, 1.54) is 0 Å². The normalized spacial score (nSPS) is 10.3. The molecule has 0 unspecified atom stereocenters. The van der Waals surface area contributed by atoms with E-state index in [9.17, 15) is 20.4 Å². The van der Waals surface area contributed by atoms with Gasteiger partial charge in [-0.2, -0.15) is 0 Å². The largest absolute Gasteiger partial charge is 0.508 e. The molecule has 0 heterocycles. The number of benzene rings is 4. The summed E-state index contributed by atoms with van der Waals surface area (Å²) in [6.07, 6.45) is 1.08. The Morgan fingerprint density at radius 1 is 0.438 bits per heavy atom. The molecule has 0 bridgehead atoms. The van der Waals surface area contributed by atoms with Crippen LogP contribution in [0.15, 0.2) is 84.9 Å². The van der Waals surface area contributed by atoms with Crippen LogP contribution in [0.2, 0.25) is 0 Å². The Morgan fingerprint density at radius 2 is 0.781 bits per heavy atom. The van der Waals surface area contributed by atoms with Crippen LogP contribution >= 0.6 is 0 Å². The highest BCUT2D eigenvalue weighted by atomic mass is 16.3. The van der Waals surface area contributed by atoms with Crippen LogP contribution in [0.25, 0.3) is 0 Å². The van der Waals surface area contributed by atoms with Crippen molar-refractivity contribution in [3.05, 3.63) is 118 Å². The van der Waals surface area contributed by atoms with Crippen LogP contribution in [-0.2, 0) is 12.8 Å². The predicted molar refractivity (Wildman–Crippen MR) is 128 cm³/mol. The molecule has 164 valence electrons. The first-order chi connectivity index (χ1) is 15.3. The summed E-state index contributed by atoms with van der Waals surface area (Å²) < 4.78 is 0. The molecule has 0 aromatic heterocycles. The third kappa shape index (κ3) is 6.05. The molecule has 4 heteroatoms. The van der Waals surface area contributed by atoms with E-state index in [2.05, 4.69) is 0 Å². The molecule has 0 saturated carbocycles. The Labute approximate surface area is 188 Å². The van der Waals surface area contributed by atoms with Gasteiger partial charge in [0, 0.05) is 12.8 Å². The van der Waals surface area contributed by atoms with Gasteiger partial charge in [-0.05, 0) is 60.4 Å². The third-order valence-electron chi connectivity index (χ3n) is 5.22. The van der Waals surface area contributed by atoms with E-state index in [0.29, 0.717) is 12.8 Å².